The Morgan fingerprint density at radius 1 is 1.69 bits per heavy atom. The molecule has 13 heavy (non-hydrogen) atoms. The van der Waals surface area contributed by atoms with Gasteiger partial charge < -0.3 is 9.68 Å². The molecule has 0 N–H and O–H groups in total. The molecule has 0 saturated heterocycles. The van der Waals surface area contributed by atoms with Crippen LogP contribution in [-0.2, 0) is 9.68 Å². The van der Waals surface area contributed by atoms with Crippen molar-refractivity contribution in [2.45, 2.75) is 23.4 Å². The van der Waals surface area contributed by atoms with Crippen LogP contribution in [0.4, 0.5) is 0 Å². The summed E-state index contributed by atoms with van der Waals surface area (Å²) in [4.78, 5) is 28.1. The van der Waals surface area contributed by atoms with Gasteiger partial charge in [-0.1, -0.05) is 22.6 Å². The number of nitrogens with zero attached hydrogens (tertiary/aromatic N) is 2. The Bertz CT molecular complexity index is 192. The van der Waals surface area contributed by atoms with E-state index in [1.165, 1.54) is 0 Å². The van der Waals surface area contributed by atoms with Crippen LogP contribution in [0.15, 0.2) is 5.34 Å². The molecule has 0 amide bonds. The van der Waals surface area contributed by atoms with Gasteiger partial charge in [0.1, 0.15) is 6.61 Å². The highest BCUT2D eigenvalue weighted by atomic mass is 127. The van der Waals surface area contributed by atoms with Crippen molar-refractivity contribution in [3.63, 3.8) is 0 Å². The number of alkyl halides is 1. The molecule has 0 aliphatic carbocycles. The first-order valence-electron chi connectivity index (χ1n) is 3.32. The SMILES string of the molecule is CC(C)(I)C(CO[N+](=O)[O-])ON=O. The van der Waals surface area contributed by atoms with E-state index in [2.05, 4.69) is 15.0 Å². The van der Waals surface area contributed by atoms with Gasteiger partial charge in [0.15, 0.2) is 11.4 Å². The van der Waals surface area contributed by atoms with Crippen molar-refractivity contribution in [1.29, 1.82) is 0 Å². The Labute approximate surface area is 87.9 Å². The molecule has 7 nitrogen and oxygen atoms in total. The fourth-order valence-electron chi connectivity index (χ4n) is 0.534. The fourth-order valence-corrected chi connectivity index (χ4v) is 0.828. The average Bonchev–Trinajstić information content (AvgIpc) is 1.95. The Morgan fingerprint density at radius 2 is 2.23 bits per heavy atom. The minimum absolute atomic E-state index is 0.311. The topological polar surface area (TPSA) is 91.0 Å². The lowest BCUT2D eigenvalue weighted by atomic mass is 10.1. The molecule has 0 aliphatic rings. The summed E-state index contributed by atoms with van der Waals surface area (Å²) in [5.74, 6) is 0. The van der Waals surface area contributed by atoms with Crippen molar-refractivity contribution >= 4 is 22.6 Å². The minimum Gasteiger partial charge on any atom is -0.357 e. The molecule has 0 aromatic carbocycles. The molecule has 1 atom stereocenters. The summed E-state index contributed by atoms with van der Waals surface area (Å²) in [5, 5.41) is 11.1. The van der Waals surface area contributed by atoms with Crippen molar-refractivity contribution in [2.24, 2.45) is 5.34 Å². The first-order valence-corrected chi connectivity index (χ1v) is 4.40. The summed E-state index contributed by atoms with van der Waals surface area (Å²) >= 11 is 1.98. The van der Waals surface area contributed by atoms with Crippen LogP contribution in [0.3, 0.4) is 0 Å². The smallest absolute Gasteiger partial charge is 0.294 e. The summed E-state index contributed by atoms with van der Waals surface area (Å²) in [6.07, 6.45) is -0.740. The molecule has 0 radical (unpaired) electrons. The molecule has 76 valence electrons. The van der Waals surface area contributed by atoms with Crippen molar-refractivity contribution in [3.05, 3.63) is 15.0 Å². The fraction of sp³-hybridized carbons (Fsp3) is 1.00. The van der Waals surface area contributed by atoms with Gasteiger partial charge in [-0.05, 0) is 13.8 Å². The lowest BCUT2D eigenvalue weighted by Crippen LogP contribution is -2.36. The molecular weight excluding hydrogens is 295 g/mol. The van der Waals surface area contributed by atoms with E-state index in [1.807, 2.05) is 22.6 Å². The van der Waals surface area contributed by atoms with Gasteiger partial charge in [-0.2, -0.15) is 0 Å². The van der Waals surface area contributed by atoms with Crippen LogP contribution in [-0.4, -0.2) is 21.2 Å². The van der Waals surface area contributed by atoms with Crippen LogP contribution < -0.4 is 0 Å². The predicted octanol–water partition coefficient (Wildman–Crippen LogP) is 1.47. The van der Waals surface area contributed by atoms with Crippen LogP contribution in [0.25, 0.3) is 0 Å². The highest BCUT2D eigenvalue weighted by molar-refractivity contribution is 14.1. The molecule has 0 aliphatic heterocycles. The molecule has 0 bridgehead atoms. The second kappa shape index (κ2) is 5.14. The summed E-state index contributed by atoms with van der Waals surface area (Å²) in [6, 6.07) is 0. The molecule has 0 aromatic rings. The molecule has 0 spiro atoms. The normalized spacial score (nSPS) is 13.2. The zero-order valence-electron chi connectivity index (χ0n) is 7.10. The van der Waals surface area contributed by atoms with E-state index in [1.54, 1.807) is 13.8 Å². The maximum atomic E-state index is 9.85. The molecule has 1 unspecified atom stereocenters. The lowest BCUT2D eigenvalue weighted by Gasteiger charge is -2.23. The van der Waals surface area contributed by atoms with Crippen LogP contribution in [0, 0.1) is 15.0 Å². The number of hydrogen-bond donors (Lipinski definition) is 0. The lowest BCUT2D eigenvalue weighted by molar-refractivity contribution is -0.759. The van der Waals surface area contributed by atoms with Crippen molar-refractivity contribution < 1.29 is 14.8 Å². The maximum Gasteiger partial charge on any atom is 0.294 e. The third-order valence-electron chi connectivity index (χ3n) is 1.27. The van der Waals surface area contributed by atoms with Gasteiger partial charge in [-0.25, -0.2) is 0 Å². The molecule has 0 heterocycles. The monoisotopic (exact) mass is 304 g/mol. The largest absolute Gasteiger partial charge is 0.357 e. The highest BCUT2D eigenvalue weighted by Gasteiger charge is 2.30. The van der Waals surface area contributed by atoms with Gasteiger partial charge in [0.25, 0.3) is 5.09 Å². The van der Waals surface area contributed by atoms with Crippen molar-refractivity contribution in [3.8, 4) is 0 Å². The third-order valence-corrected chi connectivity index (χ3v) is 1.96. The first kappa shape index (κ1) is 12.3. The highest BCUT2D eigenvalue weighted by Crippen LogP contribution is 2.24. The second-order valence-electron chi connectivity index (χ2n) is 2.75. The van der Waals surface area contributed by atoms with Crippen molar-refractivity contribution in [1.82, 2.24) is 0 Å². The zero-order valence-corrected chi connectivity index (χ0v) is 9.26. The number of hydrogen-bond acceptors (Lipinski definition) is 6. The van der Waals surface area contributed by atoms with E-state index < -0.39 is 14.6 Å². The molecule has 0 saturated carbocycles. The van der Waals surface area contributed by atoms with E-state index in [-0.39, 0.29) is 6.61 Å². The van der Waals surface area contributed by atoms with Gasteiger partial charge in [0.2, 0.25) is 0 Å². The van der Waals surface area contributed by atoms with Gasteiger partial charge in [0.05, 0.1) is 3.42 Å². The summed E-state index contributed by atoms with van der Waals surface area (Å²) in [5.41, 5.74) is 0. The standard InChI is InChI=1S/C5H9IN2O5/c1-5(2,6)4(13-7-9)3-12-8(10)11/h4H,3H2,1-2H3. The van der Waals surface area contributed by atoms with Crippen LogP contribution >= 0.6 is 22.6 Å². The van der Waals surface area contributed by atoms with Gasteiger partial charge in [-0.3, -0.25) is 0 Å². The molecule has 0 rings (SSSR count). The molecule has 0 aromatic heterocycles. The zero-order chi connectivity index (χ0) is 10.5. The van der Waals surface area contributed by atoms with E-state index in [0.717, 1.165) is 0 Å². The molecule has 8 heteroatoms. The Morgan fingerprint density at radius 3 is 2.54 bits per heavy atom. The number of halogens is 1. The van der Waals surface area contributed by atoms with Crippen LogP contribution in [0.1, 0.15) is 13.8 Å². The molecular formula is C5H9IN2O5. The minimum atomic E-state index is -0.941. The average molecular weight is 304 g/mol. The van der Waals surface area contributed by atoms with E-state index in [9.17, 15) is 15.0 Å². The quantitative estimate of drug-likeness (QED) is 0.244. The van der Waals surface area contributed by atoms with Crippen molar-refractivity contribution in [2.75, 3.05) is 6.61 Å². The summed E-state index contributed by atoms with van der Waals surface area (Å²) in [7, 11) is 0. The summed E-state index contributed by atoms with van der Waals surface area (Å²) < 4.78 is -0.471. The van der Waals surface area contributed by atoms with Gasteiger partial charge in [0, 0.05) is 0 Å². The van der Waals surface area contributed by atoms with Gasteiger partial charge in [-0.15, -0.1) is 15.0 Å². The van der Waals surface area contributed by atoms with Gasteiger partial charge >= 0.3 is 0 Å². The first-order chi connectivity index (χ1) is 5.88. The van der Waals surface area contributed by atoms with E-state index in [4.69, 9.17) is 0 Å². The Balaban J connectivity index is 4.10. The Kier molecular flexibility index (Phi) is 4.88. The third kappa shape index (κ3) is 5.55. The molecule has 0 fully saturated rings. The second-order valence-corrected chi connectivity index (χ2v) is 5.53. The Hall–Kier alpha value is -0.670. The maximum absolute atomic E-state index is 9.85. The van der Waals surface area contributed by atoms with E-state index in [0.29, 0.717) is 0 Å². The van der Waals surface area contributed by atoms with Crippen LogP contribution in [0.5, 0.6) is 0 Å². The van der Waals surface area contributed by atoms with E-state index >= 15 is 0 Å². The number of rotatable bonds is 6. The summed E-state index contributed by atoms with van der Waals surface area (Å²) in [6.45, 7) is 3.17. The van der Waals surface area contributed by atoms with Crippen LogP contribution in [0.2, 0.25) is 0 Å². The predicted molar refractivity (Wildman–Crippen MR) is 51.7 cm³/mol.